The van der Waals surface area contributed by atoms with Crippen molar-refractivity contribution in [2.24, 2.45) is 0 Å². The molecule has 5 aromatic rings. The summed E-state index contributed by atoms with van der Waals surface area (Å²) >= 11 is 0. The van der Waals surface area contributed by atoms with Crippen molar-refractivity contribution in [1.82, 2.24) is 5.32 Å². The molecule has 0 heterocycles. The minimum Gasteiger partial charge on any atom is -0.348 e. The number of hydrogen-bond acceptors (Lipinski definition) is 5. The summed E-state index contributed by atoms with van der Waals surface area (Å²) in [6, 6.07) is 34.3. The van der Waals surface area contributed by atoms with Crippen molar-refractivity contribution in [3.63, 3.8) is 0 Å². The second kappa shape index (κ2) is 14.3. The topological polar surface area (TPSA) is 93.7 Å². The van der Waals surface area contributed by atoms with Crippen molar-refractivity contribution < 1.29 is 23.2 Å². The van der Waals surface area contributed by atoms with Crippen LogP contribution in [0.3, 0.4) is 0 Å². The fourth-order valence-corrected chi connectivity index (χ4v) is 7.21. The summed E-state index contributed by atoms with van der Waals surface area (Å²) in [5.74, 6) is -0.810. The highest BCUT2D eigenvalue weighted by atomic mass is 31.2. The Labute approximate surface area is 257 Å². The summed E-state index contributed by atoms with van der Waals surface area (Å²) in [6.45, 7) is 4.04. The number of rotatable bonds is 12. The van der Waals surface area contributed by atoms with Crippen LogP contribution in [0.2, 0.25) is 0 Å². The van der Waals surface area contributed by atoms with E-state index in [2.05, 4.69) is 10.6 Å². The molecule has 224 valence electrons. The maximum Gasteiger partial charge on any atom is 0.347 e. The molecular formula is C36H35N2O5P. The van der Waals surface area contributed by atoms with Gasteiger partial charge in [0.25, 0.3) is 0 Å². The maximum absolute atomic E-state index is 14.3. The number of nitrogens with one attached hydrogen (secondary N) is 2. The molecule has 0 aliphatic heterocycles. The average Bonchev–Trinajstić information content (AvgIpc) is 3.03. The van der Waals surface area contributed by atoms with E-state index in [4.69, 9.17) is 9.05 Å². The highest BCUT2D eigenvalue weighted by Crippen LogP contribution is 2.62. The summed E-state index contributed by atoms with van der Waals surface area (Å²) in [7, 11) is -3.98. The number of carbonyl (C=O) groups excluding carboxylic acids is 2. The number of hydrogen-bond donors (Lipinski definition) is 2. The molecule has 0 aliphatic carbocycles. The van der Waals surface area contributed by atoms with Gasteiger partial charge in [0, 0.05) is 18.3 Å². The first-order valence-electron chi connectivity index (χ1n) is 14.6. The number of amides is 2. The molecular weight excluding hydrogens is 571 g/mol. The van der Waals surface area contributed by atoms with Crippen molar-refractivity contribution in [2.75, 3.05) is 18.5 Å². The van der Waals surface area contributed by atoms with Crippen LogP contribution in [0.4, 0.5) is 5.69 Å². The normalized spacial score (nSPS) is 12.4. The van der Waals surface area contributed by atoms with Crippen LogP contribution in [0.15, 0.2) is 115 Å². The number of benzene rings is 5. The molecule has 5 rings (SSSR count). The summed E-state index contributed by atoms with van der Waals surface area (Å²) in [5, 5.41) is 9.42. The summed E-state index contributed by atoms with van der Waals surface area (Å²) in [5.41, 5.74) is 1.37. The molecule has 8 heteroatoms. The molecule has 44 heavy (non-hydrogen) atoms. The SMILES string of the molecule is CCOP(=O)(OCC)C(C(=O)Nc1cc2ccccc2cc1C=CC(=O)NCc1ccccc1)c1cccc2ccccc12. The van der Waals surface area contributed by atoms with E-state index in [1.807, 2.05) is 103 Å². The molecule has 2 N–H and O–H groups in total. The largest absolute Gasteiger partial charge is 0.348 e. The van der Waals surface area contributed by atoms with Crippen molar-refractivity contribution in [1.29, 1.82) is 0 Å². The van der Waals surface area contributed by atoms with Crippen LogP contribution in [0.5, 0.6) is 0 Å². The van der Waals surface area contributed by atoms with E-state index in [-0.39, 0.29) is 19.1 Å². The number of fused-ring (bicyclic) bond motifs is 2. The Bertz CT molecular complexity index is 1840. The van der Waals surface area contributed by atoms with Crippen LogP contribution >= 0.6 is 7.60 Å². The van der Waals surface area contributed by atoms with E-state index in [1.54, 1.807) is 26.0 Å². The minimum absolute atomic E-state index is 0.105. The van der Waals surface area contributed by atoms with Crippen molar-refractivity contribution in [2.45, 2.75) is 26.1 Å². The molecule has 2 amide bonds. The van der Waals surface area contributed by atoms with Crippen LogP contribution in [-0.2, 0) is 29.7 Å². The van der Waals surface area contributed by atoms with Crippen molar-refractivity contribution in [3.05, 3.63) is 132 Å². The van der Waals surface area contributed by atoms with Gasteiger partial charge in [-0.15, -0.1) is 0 Å². The van der Waals surface area contributed by atoms with Crippen LogP contribution in [0.1, 0.15) is 36.2 Å². The van der Waals surface area contributed by atoms with Crippen molar-refractivity contribution in [3.8, 4) is 0 Å². The maximum atomic E-state index is 14.3. The van der Waals surface area contributed by atoms with Gasteiger partial charge in [-0.25, -0.2) is 0 Å². The summed E-state index contributed by atoms with van der Waals surface area (Å²) < 4.78 is 25.8. The fraction of sp³-hybridized carbons (Fsp3) is 0.167. The Morgan fingerprint density at radius 2 is 1.39 bits per heavy atom. The van der Waals surface area contributed by atoms with Crippen LogP contribution in [-0.4, -0.2) is 25.0 Å². The predicted octanol–water partition coefficient (Wildman–Crippen LogP) is 8.27. The van der Waals surface area contributed by atoms with E-state index in [1.165, 1.54) is 6.08 Å². The predicted molar refractivity (Wildman–Crippen MR) is 177 cm³/mol. The van der Waals surface area contributed by atoms with Gasteiger partial charge >= 0.3 is 7.60 Å². The second-order valence-electron chi connectivity index (χ2n) is 10.2. The molecule has 7 nitrogen and oxygen atoms in total. The molecule has 0 radical (unpaired) electrons. The Morgan fingerprint density at radius 1 is 0.773 bits per heavy atom. The third-order valence-electron chi connectivity index (χ3n) is 7.20. The van der Waals surface area contributed by atoms with Gasteiger partial charge in [-0.3, -0.25) is 14.2 Å². The Kier molecular flexibility index (Phi) is 10.0. The van der Waals surface area contributed by atoms with Crippen LogP contribution in [0.25, 0.3) is 27.6 Å². The molecule has 0 aliphatic rings. The quantitative estimate of drug-likeness (QED) is 0.110. The smallest absolute Gasteiger partial charge is 0.347 e. The van der Waals surface area contributed by atoms with Crippen molar-refractivity contribution >= 4 is 52.7 Å². The zero-order valence-corrected chi connectivity index (χ0v) is 25.6. The highest BCUT2D eigenvalue weighted by Gasteiger charge is 2.43. The first-order chi connectivity index (χ1) is 21.4. The third kappa shape index (κ3) is 7.14. The fourth-order valence-electron chi connectivity index (χ4n) is 5.20. The number of carbonyl (C=O) groups is 2. The molecule has 5 aromatic carbocycles. The zero-order valence-electron chi connectivity index (χ0n) is 24.7. The van der Waals surface area contributed by atoms with Gasteiger partial charge in [-0.1, -0.05) is 97.1 Å². The van der Waals surface area contributed by atoms with Crippen LogP contribution in [0, 0.1) is 0 Å². The Morgan fingerprint density at radius 3 is 2.09 bits per heavy atom. The lowest BCUT2D eigenvalue weighted by molar-refractivity contribution is -0.117. The van der Waals surface area contributed by atoms with E-state index >= 15 is 0 Å². The lowest BCUT2D eigenvalue weighted by Gasteiger charge is -2.27. The molecule has 1 unspecified atom stereocenters. The van der Waals surface area contributed by atoms with Gasteiger partial charge in [-0.2, -0.15) is 0 Å². The lowest BCUT2D eigenvalue weighted by Crippen LogP contribution is -2.24. The van der Waals surface area contributed by atoms with Crippen LogP contribution < -0.4 is 10.6 Å². The van der Waals surface area contributed by atoms with E-state index in [0.717, 1.165) is 27.1 Å². The van der Waals surface area contributed by atoms with Gasteiger partial charge in [0.05, 0.1) is 13.2 Å². The molecule has 1 atom stereocenters. The molecule has 0 aromatic heterocycles. The first kappa shape index (κ1) is 30.9. The third-order valence-corrected chi connectivity index (χ3v) is 9.58. The second-order valence-corrected chi connectivity index (χ2v) is 12.3. The van der Waals surface area contributed by atoms with Gasteiger partial charge in [-0.05, 0) is 70.3 Å². The first-order valence-corrected chi connectivity index (χ1v) is 16.2. The molecule has 0 saturated heterocycles. The monoisotopic (exact) mass is 606 g/mol. The molecule has 0 bridgehead atoms. The van der Waals surface area contributed by atoms with Gasteiger partial charge in [0.15, 0.2) is 5.66 Å². The van der Waals surface area contributed by atoms with E-state index < -0.39 is 19.2 Å². The minimum atomic E-state index is -3.98. The van der Waals surface area contributed by atoms with E-state index in [0.29, 0.717) is 23.4 Å². The van der Waals surface area contributed by atoms with Gasteiger partial charge in [0.2, 0.25) is 11.8 Å². The Balaban J connectivity index is 1.52. The summed E-state index contributed by atoms with van der Waals surface area (Å²) in [6.07, 6.45) is 3.11. The molecule has 0 spiro atoms. The highest BCUT2D eigenvalue weighted by molar-refractivity contribution is 7.55. The summed E-state index contributed by atoms with van der Waals surface area (Å²) in [4.78, 5) is 27.0. The molecule has 0 fully saturated rings. The zero-order chi connectivity index (χ0) is 30.9. The number of anilines is 1. The average molecular weight is 607 g/mol. The Hall–Kier alpha value is -4.55. The lowest BCUT2D eigenvalue weighted by atomic mass is 10.0. The standard InChI is InChI=1S/C36H35N2O5P/c1-3-42-44(41,43-4-2)35(32-20-12-18-27-15-10-11-19-31(27)32)36(40)38-33-24-29-17-9-8-16-28(29)23-30(33)21-22-34(39)37-25-26-13-6-5-7-14-26/h5-24,35H,3-4,25H2,1-2H3,(H,37,39)(H,38,40). The van der Waals surface area contributed by atoms with E-state index in [9.17, 15) is 14.2 Å². The van der Waals surface area contributed by atoms with Gasteiger partial charge in [0.1, 0.15) is 0 Å². The van der Waals surface area contributed by atoms with Gasteiger partial charge < -0.3 is 19.7 Å². The molecule has 0 saturated carbocycles.